The normalized spacial score (nSPS) is 14.7. The first-order valence-electron chi connectivity index (χ1n) is 24.3. The number of nitrogens with zero attached hydrogens (tertiary/aromatic N) is 1. The molecule has 1 nitrogen and oxygen atoms in total. The highest BCUT2D eigenvalue weighted by atomic mass is 15.0. The standard InChI is InChI=1S/C66H59N/c1-63(2,3)60-49-33-30-42(43-29-32-47-45-25-17-19-27-54(45)65(7,8)56(47)36-43)35-50(49)61(64(4,5)6)51-38-53-58(39-52(51)60)67(62(41-23-15-12-16-24-41)59(53)40-21-13-11-14-22-40)44-31-34-48-46-26-18-20-28-55(46)66(9,10)57(48)37-44/h11-39H,1-10H3. The summed E-state index contributed by atoms with van der Waals surface area (Å²) in [6.45, 7) is 24.0. The van der Waals surface area contributed by atoms with Crippen molar-refractivity contribution in [1.82, 2.24) is 4.57 Å². The number of benzene rings is 9. The molecule has 67 heavy (non-hydrogen) atoms. The number of fused-ring (bicyclic) bond motifs is 9. The summed E-state index contributed by atoms with van der Waals surface area (Å²) in [5.41, 5.74) is 23.1. The van der Waals surface area contributed by atoms with Gasteiger partial charge in [-0.2, -0.15) is 0 Å². The summed E-state index contributed by atoms with van der Waals surface area (Å²) < 4.78 is 2.59. The van der Waals surface area contributed by atoms with E-state index in [1.165, 1.54) is 127 Å². The molecular weight excluding hydrogens is 807 g/mol. The average molecular weight is 866 g/mol. The zero-order chi connectivity index (χ0) is 46.4. The van der Waals surface area contributed by atoms with Crippen LogP contribution in [-0.2, 0) is 21.7 Å². The van der Waals surface area contributed by atoms with Gasteiger partial charge in [0.25, 0.3) is 0 Å². The monoisotopic (exact) mass is 865 g/mol. The minimum atomic E-state index is -0.168. The second kappa shape index (κ2) is 14.3. The van der Waals surface area contributed by atoms with E-state index < -0.39 is 0 Å². The number of rotatable bonds is 4. The zero-order valence-electron chi connectivity index (χ0n) is 40.7. The molecule has 0 atom stereocenters. The van der Waals surface area contributed by atoms with Gasteiger partial charge < -0.3 is 4.57 Å². The van der Waals surface area contributed by atoms with Crippen molar-refractivity contribution in [3.63, 3.8) is 0 Å². The molecule has 0 radical (unpaired) electrons. The van der Waals surface area contributed by atoms with Gasteiger partial charge in [-0.05, 0) is 147 Å². The summed E-state index contributed by atoms with van der Waals surface area (Å²) >= 11 is 0. The highest BCUT2D eigenvalue weighted by Gasteiger charge is 2.38. The van der Waals surface area contributed by atoms with Gasteiger partial charge in [-0.25, -0.2) is 0 Å². The predicted octanol–water partition coefficient (Wildman–Crippen LogP) is 18.1. The summed E-state index contributed by atoms with van der Waals surface area (Å²) in [6, 6.07) is 67.1. The first kappa shape index (κ1) is 41.5. The van der Waals surface area contributed by atoms with Crippen molar-refractivity contribution >= 4 is 32.4 Å². The lowest BCUT2D eigenvalue weighted by Gasteiger charge is -2.31. The molecule has 9 aromatic carbocycles. The molecule has 2 aliphatic rings. The largest absolute Gasteiger partial charge is 0.309 e. The molecule has 2 aliphatic carbocycles. The van der Waals surface area contributed by atoms with E-state index in [0.717, 1.165) is 0 Å². The Labute approximate surface area is 396 Å². The minimum absolute atomic E-state index is 0.0667. The van der Waals surface area contributed by atoms with Crippen molar-refractivity contribution in [3.05, 3.63) is 209 Å². The molecule has 0 saturated carbocycles. The summed E-state index contributed by atoms with van der Waals surface area (Å²) in [6.07, 6.45) is 0. The van der Waals surface area contributed by atoms with Gasteiger partial charge in [0.1, 0.15) is 0 Å². The second-order valence-corrected chi connectivity index (χ2v) is 22.5. The molecule has 1 heteroatoms. The molecule has 0 fully saturated rings. The molecule has 0 N–H and O–H groups in total. The van der Waals surface area contributed by atoms with Crippen LogP contribution in [0.15, 0.2) is 176 Å². The number of hydrogen-bond acceptors (Lipinski definition) is 0. The van der Waals surface area contributed by atoms with Gasteiger partial charge in [-0.15, -0.1) is 0 Å². The Bertz CT molecular complexity index is 3670. The highest BCUT2D eigenvalue weighted by Crippen LogP contribution is 2.54. The Kier molecular flexibility index (Phi) is 8.83. The molecule has 0 spiro atoms. The van der Waals surface area contributed by atoms with Crippen molar-refractivity contribution in [1.29, 1.82) is 0 Å². The van der Waals surface area contributed by atoms with Gasteiger partial charge in [0, 0.05) is 27.5 Å². The number of hydrogen-bond donors (Lipinski definition) is 0. The van der Waals surface area contributed by atoms with Crippen molar-refractivity contribution in [2.45, 2.75) is 90.9 Å². The van der Waals surface area contributed by atoms with Gasteiger partial charge in [0.05, 0.1) is 11.2 Å². The zero-order valence-corrected chi connectivity index (χ0v) is 40.7. The summed E-state index contributed by atoms with van der Waals surface area (Å²) in [4.78, 5) is 0. The van der Waals surface area contributed by atoms with E-state index in [-0.39, 0.29) is 21.7 Å². The lowest BCUT2D eigenvalue weighted by atomic mass is 9.73. The maximum atomic E-state index is 2.59. The fourth-order valence-corrected chi connectivity index (χ4v) is 12.6. The molecule has 1 aromatic heterocycles. The first-order chi connectivity index (χ1) is 32.0. The molecule has 10 aromatic rings. The highest BCUT2D eigenvalue weighted by molar-refractivity contribution is 6.16. The number of aromatic nitrogens is 1. The van der Waals surface area contributed by atoms with E-state index in [0.29, 0.717) is 0 Å². The van der Waals surface area contributed by atoms with Gasteiger partial charge >= 0.3 is 0 Å². The lowest BCUT2D eigenvalue weighted by Crippen LogP contribution is -2.18. The molecule has 12 rings (SSSR count). The molecule has 0 bridgehead atoms. The maximum Gasteiger partial charge on any atom is 0.0619 e. The minimum Gasteiger partial charge on any atom is -0.309 e. The van der Waals surface area contributed by atoms with Crippen LogP contribution in [-0.4, -0.2) is 4.57 Å². The van der Waals surface area contributed by atoms with Crippen LogP contribution < -0.4 is 0 Å². The quantitative estimate of drug-likeness (QED) is 0.155. The Hall–Kier alpha value is -6.96. The molecule has 0 unspecified atom stereocenters. The molecule has 328 valence electrons. The van der Waals surface area contributed by atoms with Crippen LogP contribution in [0.2, 0.25) is 0 Å². The predicted molar refractivity (Wildman–Crippen MR) is 287 cm³/mol. The van der Waals surface area contributed by atoms with E-state index in [1.54, 1.807) is 0 Å². The Morgan fingerprint density at radius 3 is 1.42 bits per heavy atom. The van der Waals surface area contributed by atoms with Crippen molar-refractivity contribution in [2.24, 2.45) is 0 Å². The Morgan fingerprint density at radius 2 is 0.806 bits per heavy atom. The Balaban J connectivity index is 1.19. The summed E-state index contributed by atoms with van der Waals surface area (Å²) in [7, 11) is 0. The van der Waals surface area contributed by atoms with Gasteiger partial charge in [-0.1, -0.05) is 209 Å². The molecule has 0 saturated heterocycles. The molecule has 0 amide bonds. The van der Waals surface area contributed by atoms with Crippen LogP contribution in [0.4, 0.5) is 0 Å². The smallest absolute Gasteiger partial charge is 0.0619 e. The molecular formula is C66H59N. The third-order valence-corrected chi connectivity index (χ3v) is 15.6. The van der Waals surface area contributed by atoms with Crippen LogP contribution in [0, 0.1) is 0 Å². The average Bonchev–Trinajstić information content (AvgIpc) is 3.85. The van der Waals surface area contributed by atoms with Crippen molar-refractivity contribution in [3.8, 4) is 61.5 Å². The van der Waals surface area contributed by atoms with Crippen molar-refractivity contribution in [2.75, 3.05) is 0 Å². The maximum absolute atomic E-state index is 2.59. The van der Waals surface area contributed by atoms with Gasteiger partial charge in [0.2, 0.25) is 0 Å². The van der Waals surface area contributed by atoms with E-state index in [4.69, 9.17) is 0 Å². The van der Waals surface area contributed by atoms with E-state index in [2.05, 4.69) is 250 Å². The van der Waals surface area contributed by atoms with Crippen LogP contribution in [0.25, 0.3) is 93.9 Å². The summed E-state index contributed by atoms with van der Waals surface area (Å²) in [5.74, 6) is 0. The third-order valence-electron chi connectivity index (χ3n) is 15.6. The van der Waals surface area contributed by atoms with Crippen LogP contribution in [0.3, 0.4) is 0 Å². The third kappa shape index (κ3) is 6.06. The second-order valence-electron chi connectivity index (χ2n) is 22.5. The lowest BCUT2D eigenvalue weighted by molar-refractivity contribution is 0.593. The van der Waals surface area contributed by atoms with E-state index in [1.807, 2.05) is 0 Å². The Morgan fingerprint density at radius 1 is 0.343 bits per heavy atom. The van der Waals surface area contributed by atoms with E-state index in [9.17, 15) is 0 Å². The van der Waals surface area contributed by atoms with Crippen LogP contribution in [0.1, 0.15) is 103 Å². The van der Waals surface area contributed by atoms with Crippen LogP contribution in [0.5, 0.6) is 0 Å². The van der Waals surface area contributed by atoms with E-state index >= 15 is 0 Å². The fraction of sp³-hybridized carbons (Fsp3) is 0.212. The van der Waals surface area contributed by atoms with Gasteiger partial charge in [0.15, 0.2) is 0 Å². The summed E-state index contributed by atoms with van der Waals surface area (Å²) in [5, 5.41) is 6.61. The van der Waals surface area contributed by atoms with Crippen LogP contribution >= 0.6 is 0 Å². The SMILES string of the molecule is CC(C)(C)c1c2cc(-c3ccc4c(c3)C(C)(C)c3ccccc3-4)ccc2c(C(C)(C)C)c2cc3c(cc12)c(-c1ccccc1)c(-c1ccccc1)n3-c1ccc2c(c1)C(C)(C)c1ccccc1-2. The molecule has 1 heterocycles. The first-order valence-corrected chi connectivity index (χ1v) is 24.3. The topological polar surface area (TPSA) is 4.93 Å². The fourth-order valence-electron chi connectivity index (χ4n) is 12.6. The van der Waals surface area contributed by atoms with Crippen molar-refractivity contribution < 1.29 is 0 Å². The van der Waals surface area contributed by atoms with Gasteiger partial charge in [-0.3, -0.25) is 0 Å². The molecule has 0 aliphatic heterocycles.